The van der Waals surface area contributed by atoms with Crippen LogP contribution in [0.4, 0.5) is 0 Å². The lowest BCUT2D eigenvalue weighted by Gasteiger charge is -2.13. The van der Waals surface area contributed by atoms with Gasteiger partial charge in [-0.1, -0.05) is 6.07 Å². The molecule has 1 unspecified atom stereocenters. The Bertz CT molecular complexity index is 987. The number of aryl methyl sites for hydroxylation is 4. The van der Waals surface area contributed by atoms with Crippen LogP contribution in [0.15, 0.2) is 28.9 Å². The van der Waals surface area contributed by atoms with Gasteiger partial charge >= 0.3 is 5.97 Å². The molecular weight excluding hydrogens is 330 g/mol. The number of carboxylic acids is 1. The van der Waals surface area contributed by atoms with E-state index in [1.165, 1.54) is 0 Å². The fraction of sp³-hybridized carbons (Fsp3) is 0.333. The molecule has 136 valence electrons. The molecule has 1 aromatic carbocycles. The SMILES string of the molecule is Cc1ccc(COc2cc(C)c3c(C(C)C(=O)O)coc3c2C)c(C)n1. The van der Waals surface area contributed by atoms with Gasteiger partial charge in [-0.15, -0.1) is 0 Å². The number of carboxylic acid groups (broad SMARTS) is 1. The molecule has 1 atom stereocenters. The Hall–Kier alpha value is -2.82. The van der Waals surface area contributed by atoms with Crippen LogP contribution in [0.25, 0.3) is 11.0 Å². The quantitative estimate of drug-likeness (QED) is 0.711. The van der Waals surface area contributed by atoms with E-state index in [0.29, 0.717) is 17.8 Å². The second-order valence-corrected chi connectivity index (χ2v) is 6.76. The zero-order valence-corrected chi connectivity index (χ0v) is 15.7. The van der Waals surface area contributed by atoms with E-state index in [1.807, 2.05) is 45.9 Å². The van der Waals surface area contributed by atoms with Gasteiger partial charge in [-0.05, 0) is 52.3 Å². The third-order valence-electron chi connectivity index (χ3n) is 4.83. The molecule has 2 aromatic heterocycles. The Morgan fingerprint density at radius 3 is 2.65 bits per heavy atom. The van der Waals surface area contributed by atoms with Crippen molar-refractivity contribution >= 4 is 16.9 Å². The van der Waals surface area contributed by atoms with Gasteiger partial charge in [-0.3, -0.25) is 9.78 Å². The van der Waals surface area contributed by atoms with Gasteiger partial charge in [-0.25, -0.2) is 0 Å². The highest BCUT2D eigenvalue weighted by atomic mass is 16.5. The summed E-state index contributed by atoms with van der Waals surface area (Å²) in [4.78, 5) is 15.8. The minimum atomic E-state index is -0.868. The van der Waals surface area contributed by atoms with Gasteiger partial charge in [0.15, 0.2) is 0 Å². The lowest BCUT2D eigenvalue weighted by Crippen LogP contribution is -2.07. The van der Waals surface area contributed by atoms with Crippen LogP contribution in [0.2, 0.25) is 0 Å². The summed E-state index contributed by atoms with van der Waals surface area (Å²) in [7, 11) is 0. The van der Waals surface area contributed by atoms with Gasteiger partial charge in [-0.2, -0.15) is 0 Å². The van der Waals surface area contributed by atoms with Crippen molar-refractivity contribution in [1.82, 2.24) is 4.98 Å². The molecule has 3 rings (SSSR count). The summed E-state index contributed by atoms with van der Waals surface area (Å²) in [6.07, 6.45) is 1.54. The highest BCUT2D eigenvalue weighted by Gasteiger charge is 2.22. The van der Waals surface area contributed by atoms with E-state index >= 15 is 0 Å². The first kappa shape index (κ1) is 18.0. The lowest BCUT2D eigenvalue weighted by atomic mass is 9.96. The van der Waals surface area contributed by atoms with Crippen LogP contribution >= 0.6 is 0 Å². The summed E-state index contributed by atoms with van der Waals surface area (Å²) in [6, 6.07) is 5.94. The third-order valence-corrected chi connectivity index (χ3v) is 4.83. The molecule has 0 aliphatic heterocycles. The molecule has 2 heterocycles. The predicted octanol–water partition coefficient (Wildman–Crippen LogP) is 4.83. The zero-order chi connectivity index (χ0) is 19.0. The minimum Gasteiger partial charge on any atom is -0.488 e. The standard InChI is InChI=1S/C21H23NO4/c1-11-8-18(25-9-16-7-6-12(2)22-15(16)5)14(4)20-19(11)17(10-26-20)13(3)21(23)24/h6-8,10,13H,9H2,1-5H3,(H,23,24). The monoisotopic (exact) mass is 353 g/mol. The second kappa shape index (κ2) is 6.83. The lowest BCUT2D eigenvalue weighted by molar-refractivity contribution is -0.138. The minimum absolute atomic E-state index is 0.421. The molecule has 3 aromatic rings. The first-order chi connectivity index (χ1) is 12.3. The van der Waals surface area contributed by atoms with Gasteiger partial charge in [0.2, 0.25) is 0 Å². The van der Waals surface area contributed by atoms with E-state index in [0.717, 1.165) is 39.2 Å². The maximum absolute atomic E-state index is 11.3. The number of fused-ring (bicyclic) bond motifs is 1. The van der Waals surface area contributed by atoms with Crippen molar-refractivity contribution < 1.29 is 19.1 Å². The second-order valence-electron chi connectivity index (χ2n) is 6.76. The molecular formula is C21H23NO4. The van der Waals surface area contributed by atoms with Gasteiger partial charge in [0.1, 0.15) is 17.9 Å². The first-order valence-electron chi connectivity index (χ1n) is 8.59. The fourth-order valence-electron chi connectivity index (χ4n) is 3.17. The van der Waals surface area contributed by atoms with E-state index in [4.69, 9.17) is 9.15 Å². The van der Waals surface area contributed by atoms with Crippen molar-refractivity contribution in [2.75, 3.05) is 0 Å². The van der Waals surface area contributed by atoms with Crippen LogP contribution in [-0.2, 0) is 11.4 Å². The number of benzene rings is 1. The van der Waals surface area contributed by atoms with Gasteiger partial charge in [0, 0.05) is 33.5 Å². The maximum atomic E-state index is 11.3. The number of ether oxygens (including phenoxy) is 1. The normalized spacial score (nSPS) is 12.3. The van der Waals surface area contributed by atoms with Crippen LogP contribution in [0.5, 0.6) is 5.75 Å². The van der Waals surface area contributed by atoms with Crippen LogP contribution in [-0.4, -0.2) is 16.1 Å². The van der Waals surface area contributed by atoms with Crippen LogP contribution < -0.4 is 4.74 Å². The summed E-state index contributed by atoms with van der Waals surface area (Å²) >= 11 is 0. The topological polar surface area (TPSA) is 72.6 Å². The van der Waals surface area contributed by atoms with Crippen molar-refractivity contribution in [3.63, 3.8) is 0 Å². The van der Waals surface area contributed by atoms with Crippen molar-refractivity contribution in [2.45, 2.75) is 47.1 Å². The Morgan fingerprint density at radius 2 is 2.00 bits per heavy atom. The molecule has 0 fully saturated rings. The summed E-state index contributed by atoms with van der Waals surface area (Å²) in [5.74, 6) is -0.756. The van der Waals surface area contributed by atoms with Crippen molar-refractivity contribution in [3.05, 3.63) is 58.1 Å². The summed E-state index contributed by atoms with van der Waals surface area (Å²) < 4.78 is 11.7. The molecule has 5 nitrogen and oxygen atoms in total. The van der Waals surface area contributed by atoms with Crippen LogP contribution in [0, 0.1) is 27.7 Å². The molecule has 26 heavy (non-hydrogen) atoms. The molecule has 0 bridgehead atoms. The number of furan rings is 1. The molecule has 0 spiro atoms. The summed E-state index contributed by atoms with van der Waals surface area (Å²) in [5.41, 5.74) is 6.15. The average Bonchev–Trinajstić information content (AvgIpc) is 3.03. The molecule has 0 saturated heterocycles. The van der Waals surface area contributed by atoms with E-state index in [1.54, 1.807) is 13.2 Å². The van der Waals surface area contributed by atoms with E-state index in [9.17, 15) is 9.90 Å². The molecule has 5 heteroatoms. The van der Waals surface area contributed by atoms with E-state index in [2.05, 4.69) is 4.98 Å². The molecule has 0 radical (unpaired) electrons. The number of aliphatic carboxylic acids is 1. The number of pyridine rings is 1. The maximum Gasteiger partial charge on any atom is 0.310 e. The Balaban J connectivity index is 1.95. The molecule has 0 aliphatic rings. The number of nitrogens with zero attached hydrogens (tertiary/aromatic N) is 1. The summed E-state index contributed by atoms with van der Waals surface area (Å²) in [5, 5.41) is 10.2. The fourth-order valence-corrected chi connectivity index (χ4v) is 3.17. The van der Waals surface area contributed by atoms with Crippen molar-refractivity contribution in [2.24, 2.45) is 0 Å². The Kier molecular flexibility index (Phi) is 4.72. The van der Waals surface area contributed by atoms with Crippen molar-refractivity contribution in [3.8, 4) is 5.75 Å². The van der Waals surface area contributed by atoms with Crippen LogP contribution in [0.3, 0.4) is 0 Å². The molecule has 0 saturated carbocycles. The van der Waals surface area contributed by atoms with E-state index in [-0.39, 0.29) is 0 Å². The largest absolute Gasteiger partial charge is 0.488 e. The van der Waals surface area contributed by atoms with Gasteiger partial charge in [0.25, 0.3) is 0 Å². The number of carbonyl (C=O) groups is 1. The molecule has 1 N–H and O–H groups in total. The first-order valence-corrected chi connectivity index (χ1v) is 8.59. The zero-order valence-electron chi connectivity index (χ0n) is 15.7. The van der Waals surface area contributed by atoms with E-state index < -0.39 is 11.9 Å². The highest BCUT2D eigenvalue weighted by molar-refractivity contribution is 5.92. The number of aromatic nitrogens is 1. The van der Waals surface area contributed by atoms with Gasteiger partial charge in [0.05, 0.1) is 12.2 Å². The molecule has 0 aliphatic carbocycles. The predicted molar refractivity (Wildman–Crippen MR) is 99.8 cm³/mol. The van der Waals surface area contributed by atoms with Crippen LogP contribution in [0.1, 0.15) is 46.5 Å². The van der Waals surface area contributed by atoms with Crippen molar-refractivity contribution in [1.29, 1.82) is 0 Å². The number of hydrogen-bond acceptors (Lipinski definition) is 4. The number of rotatable bonds is 5. The van der Waals surface area contributed by atoms with Gasteiger partial charge < -0.3 is 14.3 Å². The Morgan fingerprint density at radius 1 is 1.27 bits per heavy atom. The smallest absolute Gasteiger partial charge is 0.310 e. The Labute approximate surface area is 152 Å². The number of hydrogen-bond donors (Lipinski definition) is 1. The highest BCUT2D eigenvalue weighted by Crippen LogP contribution is 2.37. The summed E-state index contributed by atoms with van der Waals surface area (Å²) in [6.45, 7) is 9.89. The average molecular weight is 353 g/mol. The molecule has 0 amide bonds. The third kappa shape index (κ3) is 3.17.